The van der Waals surface area contributed by atoms with Crippen LogP contribution >= 0.6 is 11.6 Å². The normalized spacial score (nSPS) is 26.2. The Hall–Kier alpha value is -1.81. The number of aliphatic hydroxyl groups is 4. The fourth-order valence-electron chi connectivity index (χ4n) is 3.59. The van der Waals surface area contributed by atoms with Gasteiger partial charge >= 0.3 is 0 Å². The molecule has 0 bridgehead atoms. The first-order chi connectivity index (χ1) is 15.2. The first-order valence-electron chi connectivity index (χ1n) is 10.4. The maximum Gasteiger partial charge on any atom is 0.299 e. The van der Waals surface area contributed by atoms with Crippen LogP contribution in [0.3, 0.4) is 0 Å². The van der Waals surface area contributed by atoms with E-state index in [1.165, 1.54) is 36.4 Å². The number of halogens is 3. The Balaban J connectivity index is 1.89. The lowest BCUT2D eigenvalue weighted by molar-refractivity contribution is -0.231. The van der Waals surface area contributed by atoms with Crippen LogP contribution in [0, 0.1) is 0 Å². The Bertz CT molecular complexity index is 893. The number of alkyl halides is 2. The Kier molecular flexibility index (Phi) is 8.08. The van der Waals surface area contributed by atoms with Crippen molar-refractivity contribution in [2.24, 2.45) is 0 Å². The van der Waals surface area contributed by atoms with Crippen LogP contribution in [-0.4, -0.2) is 58.1 Å². The molecule has 6 nitrogen and oxygen atoms in total. The molecule has 9 heteroatoms. The summed E-state index contributed by atoms with van der Waals surface area (Å²) in [7, 11) is 0. The van der Waals surface area contributed by atoms with Crippen LogP contribution in [0.4, 0.5) is 8.78 Å². The summed E-state index contributed by atoms with van der Waals surface area (Å²) in [5.41, 5.74) is -0.679. The Morgan fingerprint density at radius 1 is 1.03 bits per heavy atom. The van der Waals surface area contributed by atoms with Crippen molar-refractivity contribution < 1.29 is 38.7 Å². The lowest BCUT2D eigenvalue weighted by atomic mass is 9.89. The second-order valence-corrected chi connectivity index (χ2v) is 8.20. The summed E-state index contributed by atoms with van der Waals surface area (Å²) in [6, 6.07) is 9.20. The average molecular weight is 473 g/mol. The molecule has 2 aromatic rings. The van der Waals surface area contributed by atoms with Gasteiger partial charge in [-0.3, -0.25) is 0 Å². The van der Waals surface area contributed by atoms with E-state index in [9.17, 15) is 20.4 Å². The third-order valence-electron chi connectivity index (χ3n) is 5.53. The highest BCUT2D eigenvalue weighted by molar-refractivity contribution is 6.31. The van der Waals surface area contributed by atoms with Gasteiger partial charge in [-0.05, 0) is 48.4 Å². The highest BCUT2D eigenvalue weighted by atomic mass is 35.5. The maximum atomic E-state index is 15.4. The number of aliphatic hydroxyl groups excluding tert-OH is 4. The third-order valence-corrected chi connectivity index (χ3v) is 5.86. The van der Waals surface area contributed by atoms with Crippen LogP contribution in [0.2, 0.25) is 5.02 Å². The van der Waals surface area contributed by atoms with Crippen LogP contribution in [0.5, 0.6) is 5.75 Å². The van der Waals surface area contributed by atoms with Crippen molar-refractivity contribution in [3.05, 3.63) is 64.2 Å². The van der Waals surface area contributed by atoms with E-state index in [2.05, 4.69) is 0 Å². The molecule has 1 aliphatic rings. The zero-order chi connectivity index (χ0) is 23.5. The van der Waals surface area contributed by atoms with Crippen LogP contribution in [-0.2, 0) is 10.7 Å². The summed E-state index contributed by atoms with van der Waals surface area (Å²) in [5, 5.41) is 39.5. The molecule has 3 rings (SSSR count). The fraction of sp³-hybridized carbons (Fsp3) is 0.478. The van der Waals surface area contributed by atoms with Crippen molar-refractivity contribution >= 4 is 11.6 Å². The third kappa shape index (κ3) is 5.06. The van der Waals surface area contributed by atoms with E-state index in [1.54, 1.807) is 0 Å². The number of hydrogen-bond donors (Lipinski definition) is 4. The molecule has 0 radical (unpaired) electrons. The van der Waals surface area contributed by atoms with Crippen molar-refractivity contribution in [1.29, 1.82) is 0 Å². The van der Waals surface area contributed by atoms with Crippen molar-refractivity contribution in [3.63, 3.8) is 0 Å². The second-order valence-electron chi connectivity index (χ2n) is 7.79. The molecule has 0 aromatic heterocycles. The minimum atomic E-state index is -3.47. The van der Waals surface area contributed by atoms with Gasteiger partial charge in [-0.2, -0.15) is 8.78 Å². The van der Waals surface area contributed by atoms with Gasteiger partial charge in [0.25, 0.3) is 5.92 Å². The number of rotatable bonds is 8. The number of unbranched alkanes of at least 4 members (excludes halogenated alkanes) is 1. The molecule has 4 N–H and O–H groups in total. The van der Waals surface area contributed by atoms with Crippen molar-refractivity contribution in [2.45, 2.75) is 56.2 Å². The number of benzene rings is 2. The fourth-order valence-corrected chi connectivity index (χ4v) is 3.82. The highest BCUT2D eigenvalue weighted by Gasteiger charge is 2.45. The van der Waals surface area contributed by atoms with Gasteiger partial charge < -0.3 is 29.9 Å². The van der Waals surface area contributed by atoms with Gasteiger partial charge in [-0.25, -0.2) is 0 Å². The maximum absolute atomic E-state index is 15.4. The Morgan fingerprint density at radius 3 is 2.34 bits per heavy atom. The summed E-state index contributed by atoms with van der Waals surface area (Å²) >= 11 is 6.09. The summed E-state index contributed by atoms with van der Waals surface area (Å²) in [6.45, 7) is 1.90. The monoisotopic (exact) mass is 472 g/mol. The lowest BCUT2D eigenvalue weighted by Gasteiger charge is -2.40. The quantitative estimate of drug-likeness (QED) is 0.440. The molecule has 0 saturated carbocycles. The van der Waals surface area contributed by atoms with E-state index in [-0.39, 0.29) is 16.1 Å². The molecule has 32 heavy (non-hydrogen) atoms. The molecule has 1 fully saturated rings. The van der Waals surface area contributed by atoms with E-state index in [4.69, 9.17) is 21.1 Å². The molecule has 1 aliphatic heterocycles. The standard InChI is InChI=1S/C23H27ClF2O6/c1-2-3-10-31-15-7-5-14(6-8-15)23(25,26)16-11-13(4-9-17(16)24)22-21(30)20(29)19(28)18(12-27)32-22/h4-9,11,18-22,27-30H,2-3,10,12H2,1H3/t18-,19-,20+,21-,22+/m1/s1. The van der Waals surface area contributed by atoms with Crippen LogP contribution in [0.1, 0.15) is 42.6 Å². The van der Waals surface area contributed by atoms with Gasteiger partial charge in [0.15, 0.2) is 0 Å². The summed E-state index contributed by atoms with van der Waals surface area (Å²) in [4.78, 5) is 0. The molecule has 2 aromatic carbocycles. The van der Waals surface area contributed by atoms with Gasteiger partial charge in [-0.1, -0.05) is 31.0 Å². The van der Waals surface area contributed by atoms with E-state index < -0.39 is 48.6 Å². The first-order valence-corrected chi connectivity index (χ1v) is 10.8. The largest absolute Gasteiger partial charge is 0.494 e. The molecule has 1 heterocycles. The summed E-state index contributed by atoms with van der Waals surface area (Å²) in [6.07, 6.45) is -5.33. The molecule has 0 amide bonds. The van der Waals surface area contributed by atoms with E-state index in [0.29, 0.717) is 12.4 Å². The minimum Gasteiger partial charge on any atom is -0.494 e. The van der Waals surface area contributed by atoms with E-state index in [1.807, 2.05) is 6.92 Å². The van der Waals surface area contributed by atoms with E-state index in [0.717, 1.165) is 18.9 Å². The Morgan fingerprint density at radius 2 is 1.72 bits per heavy atom. The van der Waals surface area contributed by atoms with Gasteiger partial charge in [0, 0.05) is 11.1 Å². The van der Waals surface area contributed by atoms with Gasteiger partial charge in [0.2, 0.25) is 0 Å². The molecule has 0 aliphatic carbocycles. The topological polar surface area (TPSA) is 99.4 Å². The first kappa shape index (κ1) is 24.8. The zero-order valence-electron chi connectivity index (χ0n) is 17.5. The van der Waals surface area contributed by atoms with Crippen LogP contribution in [0.15, 0.2) is 42.5 Å². The number of ether oxygens (including phenoxy) is 2. The van der Waals surface area contributed by atoms with Gasteiger partial charge in [-0.15, -0.1) is 0 Å². The lowest BCUT2D eigenvalue weighted by Crippen LogP contribution is -2.55. The molecular weight excluding hydrogens is 446 g/mol. The summed E-state index contributed by atoms with van der Waals surface area (Å²) < 4.78 is 41.7. The van der Waals surface area contributed by atoms with E-state index >= 15 is 8.78 Å². The van der Waals surface area contributed by atoms with Crippen LogP contribution in [0.25, 0.3) is 0 Å². The summed E-state index contributed by atoms with van der Waals surface area (Å²) in [5.74, 6) is -2.98. The molecule has 0 spiro atoms. The molecule has 5 atom stereocenters. The van der Waals surface area contributed by atoms with Crippen molar-refractivity contribution in [2.75, 3.05) is 13.2 Å². The second kappa shape index (κ2) is 10.4. The smallest absolute Gasteiger partial charge is 0.299 e. The zero-order valence-corrected chi connectivity index (χ0v) is 18.3. The predicted molar refractivity (Wildman–Crippen MR) is 114 cm³/mol. The highest BCUT2D eigenvalue weighted by Crippen LogP contribution is 2.42. The van der Waals surface area contributed by atoms with Crippen molar-refractivity contribution in [3.8, 4) is 5.75 Å². The molecule has 1 saturated heterocycles. The number of hydrogen-bond acceptors (Lipinski definition) is 6. The molecule has 0 unspecified atom stereocenters. The Labute approximate surface area is 190 Å². The van der Waals surface area contributed by atoms with Gasteiger partial charge in [0.1, 0.15) is 36.3 Å². The predicted octanol–water partition coefficient (Wildman–Crippen LogP) is 3.17. The SMILES string of the molecule is CCCCOc1ccc(C(F)(F)c2cc([C@@H]3O[C@H](CO)[C@@H](O)[C@H](O)[C@H]3O)ccc2Cl)cc1. The molecular formula is C23H27ClF2O6. The van der Waals surface area contributed by atoms with Gasteiger partial charge in [0.05, 0.1) is 18.2 Å². The van der Waals surface area contributed by atoms with Crippen LogP contribution < -0.4 is 4.74 Å². The average Bonchev–Trinajstić information content (AvgIpc) is 2.79. The molecule has 176 valence electrons. The van der Waals surface area contributed by atoms with Crippen molar-refractivity contribution in [1.82, 2.24) is 0 Å². The minimum absolute atomic E-state index is 0.125.